The van der Waals surface area contributed by atoms with Gasteiger partial charge in [0, 0.05) is 11.9 Å². The molecule has 0 bridgehead atoms. The van der Waals surface area contributed by atoms with Crippen LogP contribution in [0.2, 0.25) is 0 Å². The van der Waals surface area contributed by atoms with Gasteiger partial charge in [-0.2, -0.15) is 0 Å². The summed E-state index contributed by atoms with van der Waals surface area (Å²) < 4.78 is 5.00. The Morgan fingerprint density at radius 2 is 1.86 bits per heavy atom. The van der Waals surface area contributed by atoms with Crippen molar-refractivity contribution < 1.29 is 14.3 Å². The summed E-state index contributed by atoms with van der Waals surface area (Å²) in [6, 6.07) is 10.1. The summed E-state index contributed by atoms with van der Waals surface area (Å²) in [7, 11) is 0. The molecule has 0 unspecified atom stereocenters. The van der Waals surface area contributed by atoms with Crippen LogP contribution in [0.5, 0.6) is 0 Å². The maximum absolute atomic E-state index is 12.0. The summed E-state index contributed by atoms with van der Waals surface area (Å²) in [5, 5.41) is 2.64. The number of nitrogens with one attached hydrogen (secondary N) is 2. The van der Waals surface area contributed by atoms with Crippen LogP contribution in [0.3, 0.4) is 0 Å². The quantitative estimate of drug-likeness (QED) is 0.844. The Hall–Kier alpha value is -2.89. The van der Waals surface area contributed by atoms with Crippen LogP contribution in [0.25, 0.3) is 0 Å². The zero-order valence-corrected chi connectivity index (χ0v) is 12.3. The second kappa shape index (κ2) is 6.71. The molecular formula is C16H16N2O4. The van der Waals surface area contributed by atoms with E-state index in [4.69, 9.17) is 4.74 Å². The van der Waals surface area contributed by atoms with Gasteiger partial charge in [-0.15, -0.1) is 0 Å². The Morgan fingerprint density at radius 1 is 1.18 bits per heavy atom. The van der Waals surface area contributed by atoms with Crippen molar-refractivity contribution in [2.45, 2.75) is 20.0 Å². The van der Waals surface area contributed by atoms with Crippen LogP contribution in [-0.2, 0) is 9.53 Å². The van der Waals surface area contributed by atoms with Gasteiger partial charge in [0.25, 0.3) is 11.5 Å². The van der Waals surface area contributed by atoms with Crippen molar-refractivity contribution in [3.63, 3.8) is 0 Å². The summed E-state index contributed by atoms with van der Waals surface area (Å²) in [6.07, 6.45) is 0.389. The fraction of sp³-hybridized carbons (Fsp3) is 0.188. The lowest BCUT2D eigenvalue weighted by Crippen LogP contribution is -2.31. The number of rotatable bonds is 4. The Bertz CT molecular complexity index is 734. The molecule has 6 heteroatoms. The molecule has 1 amide bonds. The SMILES string of the molecule is Cc1ccc(NC(=O)[C@@H](C)OC(=O)c2ccc[nH]c2=O)cc1. The molecular weight excluding hydrogens is 284 g/mol. The van der Waals surface area contributed by atoms with Gasteiger partial charge in [-0.25, -0.2) is 4.79 Å². The number of aromatic amines is 1. The van der Waals surface area contributed by atoms with Gasteiger partial charge in [-0.1, -0.05) is 17.7 Å². The maximum Gasteiger partial charge on any atom is 0.344 e. The Balaban J connectivity index is 1.99. The molecule has 0 aliphatic heterocycles. The highest BCUT2D eigenvalue weighted by Crippen LogP contribution is 2.10. The van der Waals surface area contributed by atoms with E-state index in [-0.39, 0.29) is 5.56 Å². The Labute approximate surface area is 127 Å². The fourth-order valence-electron chi connectivity index (χ4n) is 1.74. The van der Waals surface area contributed by atoms with Crippen molar-refractivity contribution in [3.8, 4) is 0 Å². The smallest absolute Gasteiger partial charge is 0.344 e. The van der Waals surface area contributed by atoms with Crippen molar-refractivity contribution >= 4 is 17.6 Å². The molecule has 0 fully saturated rings. The molecule has 0 aliphatic carbocycles. The van der Waals surface area contributed by atoms with Crippen molar-refractivity contribution in [1.82, 2.24) is 4.98 Å². The monoisotopic (exact) mass is 300 g/mol. The minimum atomic E-state index is -1.02. The topological polar surface area (TPSA) is 88.3 Å². The second-order valence-corrected chi connectivity index (χ2v) is 4.82. The lowest BCUT2D eigenvalue weighted by Gasteiger charge is -2.13. The van der Waals surface area contributed by atoms with Crippen LogP contribution in [-0.4, -0.2) is 23.0 Å². The zero-order valence-electron chi connectivity index (χ0n) is 12.3. The van der Waals surface area contributed by atoms with Crippen molar-refractivity contribution in [1.29, 1.82) is 0 Å². The number of carbonyl (C=O) groups excluding carboxylic acids is 2. The molecule has 0 radical (unpaired) electrons. The van der Waals surface area contributed by atoms with Crippen LogP contribution in [0, 0.1) is 6.92 Å². The molecule has 1 aromatic carbocycles. The minimum Gasteiger partial charge on any atom is -0.449 e. The molecule has 114 valence electrons. The van der Waals surface area contributed by atoms with E-state index in [0.717, 1.165) is 5.56 Å². The summed E-state index contributed by atoms with van der Waals surface area (Å²) in [6.45, 7) is 3.38. The molecule has 0 spiro atoms. The fourth-order valence-corrected chi connectivity index (χ4v) is 1.74. The number of esters is 1. The van der Waals surface area contributed by atoms with Crippen LogP contribution in [0.4, 0.5) is 5.69 Å². The average molecular weight is 300 g/mol. The normalized spacial score (nSPS) is 11.5. The number of amides is 1. The third-order valence-electron chi connectivity index (χ3n) is 3.01. The molecule has 2 N–H and O–H groups in total. The van der Waals surface area contributed by atoms with E-state index < -0.39 is 23.5 Å². The van der Waals surface area contributed by atoms with E-state index in [1.165, 1.54) is 25.3 Å². The Kier molecular flexibility index (Phi) is 4.73. The number of aryl methyl sites for hydroxylation is 1. The van der Waals surface area contributed by atoms with E-state index in [1.54, 1.807) is 12.1 Å². The van der Waals surface area contributed by atoms with Crippen LogP contribution < -0.4 is 10.9 Å². The molecule has 22 heavy (non-hydrogen) atoms. The molecule has 0 aliphatic rings. The number of H-pyrrole nitrogens is 1. The summed E-state index contributed by atoms with van der Waals surface area (Å²) in [4.78, 5) is 37.7. The van der Waals surface area contributed by atoms with E-state index in [9.17, 15) is 14.4 Å². The van der Waals surface area contributed by atoms with Crippen molar-refractivity contribution in [3.05, 3.63) is 64.1 Å². The van der Waals surface area contributed by atoms with E-state index in [1.807, 2.05) is 19.1 Å². The third kappa shape index (κ3) is 3.82. The van der Waals surface area contributed by atoms with Gasteiger partial charge in [-0.3, -0.25) is 9.59 Å². The van der Waals surface area contributed by atoms with Gasteiger partial charge in [0.05, 0.1) is 0 Å². The highest BCUT2D eigenvalue weighted by Gasteiger charge is 2.20. The van der Waals surface area contributed by atoms with Gasteiger partial charge >= 0.3 is 5.97 Å². The summed E-state index contributed by atoms with van der Waals surface area (Å²) in [5.74, 6) is -1.31. The number of hydrogen-bond donors (Lipinski definition) is 2. The standard InChI is InChI=1S/C16H16N2O4/c1-10-5-7-12(8-6-10)18-14(19)11(2)22-16(21)13-4-3-9-17-15(13)20/h3-9,11H,1-2H3,(H,17,20)(H,18,19)/t11-/m1/s1. The van der Waals surface area contributed by atoms with Gasteiger partial charge in [0.1, 0.15) is 5.56 Å². The van der Waals surface area contributed by atoms with Crippen LogP contribution in [0.15, 0.2) is 47.4 Å². The van der Waals surface area contributed by atoms with Crippen LogP contribution in [0.1, 0.15) is 22.8 Å². The first-order chi connectivity index (χ1) is 10.5. The van der Waals surface area contributed by atoms with Gasteiger partial charge in [0.15, 0.2) is 6.10 Å². The Morgan fingerprint density at radius 3 is 2.50 bits per heavy atom. The minimum absolute atomic E-state index is 0.141. The number of hydrogen-bond acceptors (Lipinski definition) is 4. The lowest BCUT2D eigenvalue weighted by atomic mass is 10.2. The molecule has 0 saturated carbocycles. The van der Waals surface area contributed by atoms with E-state index >= 15 is 0 Å². The largest absolute Gasteiger partial charge is 0.449 e. The number of carbonyl (C=O) groups is 2. The van der Waals surface area contributed by atoms with Crippen molar-refractivity contribution in [2.24, 2.45) is 0 Å². The first-order valence-electron chi connectivity index (χ1n) is 6.73. The first kappa shape index (κ1) is 15.5. The van der Waals surface area contributed by atoms with Gasteiger partial charge < -0.3 is 15.0 Å². The zero-order chi connectivity index (χ0) is 16.1. The lowest BCUT2D eigenvalue weighted by molar-refractivity contribution is -0.123. The van der Waals surface area contributed by atoms with Crippen LogP contribution >= 0.6 is 0 Å². The number of aromatic nitrogens is 1. The highest BCUT2D eigenvalue weighted by molar-refractivity contribution is 5.97. The molecule has 1 aromatic heterocycles. The number of pyridine rings is 1. The molecule has 2 aromatic rings. The third-order valence-corrected chi connectivity index (χ3v) is 3.01. The predicted octanol–water partition coefficient (Wildman–Crippen LogP) is 1.87. The molecule has 0 saturated heterocycles. The predicted molar refractivity (Wildman–Crippen MR) is 81.7 cm³/mol. The number of anilines is 1. The molecule has 6 nitrogen and oxygen atoms in total. The number of benzene rings is 1. The van der Waals surface area contributed by atoms with Gasteiger partial charge in [0.2, 0.25) is 0 Å². The van der Waals surface area contributed by atoms with E-state index in [2.05, 4.69) is 10.3 Å². The summed E-state index contributed by atoms with van der Waals surface area (Å²) >= 11 is 0. The van der Waals surface area contributed by atoms with E-state index in [0.29, 0.717) is 5.69 Å². The van der Waals surface area contributed by atoms with Gasteiger partial charge in [-0.05, 0) is 38.1 Å². The molecule has 1 atom stereocenters. The number of ether oxygens (including phenoxy) is 1. The molecule has 2 rings (SSSR count). The maximum atomic E-state index is 12.0. The first-order valence-corrected chi connectivity index (χ1v) is 6.73. The summed E-state index contributed by atoms with van der Waals surface area (Å²) in [5.41, 5.74) is 0.980. The molecule has 1 heterocycles. The highest BCUT2D eigenvalue weighted by atomic mass is 16.5. The van der Waals surface area contributed by atoms with Crippen molar-refractivity contribution in [2.75, 3.05) is 5.32 Å². The second-order valence-electron chi connectivity index (χ2n) is 4.82. The average Bonchev–Trinajstić information content (AvgIpc) is 2.49.